The van der Waals surface area contributed by atoms with Gasteiger partial charge >= 0.3 is 0 Å². The third-order valence-electron chi connectivity index (χ3n) is 2.18. The summed E-state index contributed by atoms with van der Waals surface area (Å²) < 4.78 is 17.9. The first-order chi connectivity index (χ1) is 8.24. The molecule has 2 aromatic rings. The van der Waals surface area contributed by atoms with E-state index in [2.05, 4.69) is 22.6 Å². The van der Waals surface area contributed by atoms with Crippen molar-refractivity contribution in [1.82, 2.24) is 0 Å². The maximum atomic E-state index is 11.8. The lowest BCUT2D eigenvalue weighted by molar-refractivity contribution is 0.567. The second kappa shape index (κ2) is 6.28. The first-order valence-corrected chi connectivity index (χ1v) is 7.52. The number of furan rings is 1. The van der Waals surface area contributed by atoms with Gasteiger partial charge in [0, 0.05) is 14.7 Å². The Hall–Kier alpha value is -0.720. The molecule has 17 heavy (non-hydrogen) atoms. The quantitative estimate of drug-likeness (QED) is 0.616. The van der Waals surface area contributed by atoms with Crippen LogP contribution in [0.25, 0.3) is 6.08 Å². The van der Waals surface area contributed by atoms with Crippen molar-refractivity contribution in [3.05, 3.63) is 63.0 Å². The molecule has 0 saturated heterocycles. The van der Waals surface area contributed by atoms with Crippen molar-refractivity contribution in [2.75, 3.05) is 0 Å². The molecule has 1 atom stereocenters. The van der Waals surface area contributed by atoms with E-state index in [9.17, 15) is 4.55 Å². The van der Waals surface area contributed by atoms with Crippen LogP contribution < -0.4 is 0 Å². The molecule has 1 aromatic carbocycles. The van der Waals surface area contributed by atoms with E-state index in [1.807, 2.05) is 36.4 Å². The van der Waals surface area contributed by atoms with Crippen LogP contribution >= 0.6 is 22.6 Å². The second-order valence-corrected chi connectivity index (χ2v) is 6.08. The highest BCUT2D eigenvalue weighted by atomic mass is 127. The Morgan fingerprint density at radius 1 is 1.24 bits per heavy atom. The van der Waals surface area contributed by atoms with Gasteiger partial charge in [0.1, 0.15) is 11.2 Å². The summed E-state index contributed by atoms with van der Waals surface area (Å²) >= 11 is 1.27. The van der Waals surface area contributed by atoms with E-state index in [0.717, 1.165) is 11.1 Å². The van der Waals surface area contributed by atoms with Gasteiger partial charge in [-0.25, -0.2) is 0 Å². The number of hydrogen-bond acceptors (Lipinski definition) is 2. The molecule has 0 N–H and O–H groups in total. The third-order valence-corrected chi connectivity index (χ3v) is 3.95. The maximum Gasteiger partial charge on any atom is 0.135 e. The van der Waals surface area contributed by atoms with Gasteiger partial charge in [0.2, 0.25) is 0 Å². The zero-order chi connectivity index (χ0) is 12.1. The molecule has 0 aliphatic carbocycles. The highest BCUT2D eigenvalue weighted by Crippen LogP contribution is 2.12. The summed E-state index contributed by atoms with van der Waals surface area (Å²) in [6.45, 7) is 0. The van der Waals surface area contributed by atoms with Crippen LogP contribution in [0.5, 0.6) is 0 Å². The average Bonchev–Trinajstić information content (AvgIpc) is 2.83. The van der Waals surface area contributed by atoms with E-state index < -0.39 is 11.2 Å². The van der Waals surface area contributed by atoms with E-state index >= 15 is 0 Å². The van der Waals surface area contributed by atoms with Crippen LogP contribution in [0.1, 0.15) is 11.1 Å². The average molecular weight is 358 g/mol. The summed E-state index contributed by atoms with van der Waals surface area (Å²) in [4.78, 5) is 0. The van der Waals surface area contributed by atoms with Gasteiger partial charge in [-0.2, -0.15) is 0 Å². The molecule has 2 rings (SSSR count). The van der Waals surface area contributed by atoms with Crippen LogP contribution in [-0.2, 0) is 16.9 Å². The standard InChI is InChI=1S/C13H11IO2S/c14-13-3-1-12(2-4-13)10-17(15)8-6-11-5-7-16-9-11/h1-9H,10H2/b8-6+. The summed E-state index contributed by atoms with van der Waals surface area (Å²) in [7, 11) is 0. The molecule has 88 valence electrons. The zero-order valence-corrected chi connectivity index (χ0v) is 12.0. The lowest BCUT2D eigenvalue weighted by atomic mass is 10.2. The Balaban J connectivity index is 1.93. The maximum absolute atomic E-state index is 11.8. The van der Waals surface area contributed by atoms with Gasteiger partial charge < -0.3 is 8.97 Å². The molecule has 1 unspecified atom stereocenters. The minimum absolute atomic E-state index is 0.547. The summed E-state index contributed by atoms with van der Waals surface area (Å²) in [5.74, 6) is 0.547. The van der Waals surface area contributed by atoms with Crippen LogP contribution in [0.4, 0.5) is 0 Å². The number of halogens is 1. The predicted octanol–water partition coefficient (Wildman–Crippen LogP) is 3.80. The highest BCUT2D eigenvalue weighted by molar-refractivity contribution is 14.1. The van der Waals surface area contributed by atoms with E-state index in [1.165, 1.54) is 3.57 Å². The summed E-state index contributed by atoms with van der Waals surface area (Å²) in [5, 5.41) is 1.70. The van der Waals surface area contributed by atoms with Gasteiger partial charge in [0.05, 0.1) is 12.5 Å². The molecule has 0 saturated carbocycles. The van der Waals surface area contributed by atoms with Crippen molar-refractivity contribution in [3.8, 4) is 0 Å². The van der Waals surface area contributed by atoms with Crippen LogP contribution in [-0.4, -0.2) is 4.55 Å². The molecule has 0 radical (unpaired) electrons. The lowest BCUT2D eigenvalue weighted by Gasteiger charge is -2.05. The van der Waals surface area contributed by atoms with Crippen LogP contribution in [0.15, 0.2) is 52.7 Å². The van der Waals surface area contributed by atoms with E-state index in [1.54, 1.807) is 17.9 Å². The first-order valence-electron chi connectivity index (χ1n) is 5.06. The van der Waals surface area contributed by atoms with E-state index in [-0.39, 0.29) is 0 Å². The molecule has 0 spiro atoms. The van der Waals surface area contributed by atoms with E-state index in [4.69, 9.17) is 4.42 Å². The van der Waals surface area contributed by atoms with Gasteiger partial charge in [0.25, 0.3) is 0 Å². The molecule has 2 nitrogen and oxygen atoms in total. The van der Waals surface area contributed by atoms with Crippen molar-refractivity contribution >= 4 is 39.8 Å². The number of hydrogen-bond donors (Lipinski definition) is 0. The van der Waals surface area contributed by atoms with Gasteiger partial charge in [-0.3, -0.25) is 0 Å². The monoisotopic (exact) mass is 358 g/mol. The fourth-order valence-corrected chi connectivity index (χ4v) is 2.60. The van der Waals surface area contributed by atoms with Crippen LogP contribution in [0.3, 0.4) is 0 Å². The smallest absolute Gasteiger partial charge is 0.135 e. The molecular formula is C13H11IO2S. The number of rotatable bonds is 4. The molecule has 0 bridgehead atoms. The van der Waals surface area contributed by atoms with Gasteiger partial charge in [-0.15, -0.1) is 0 Å². The van der Waals surface area contributed by atoms with E-state index in [0.29, 0.717) is 5.75 Å². The second-order valence-electron chi connectivity index (χ2n) is 3.51. The molecule has 4 heteroatoms. The number of benzene rings is 1. The van der Waals surface area contributed by atoms with Crippen molar-refractivity contribution in [3.63, 3.8) is 0 Å². The van der Waals surface area contributed by atoms with Crippen LogP contribution in [0.2, 0.25) is 0 Å². The lowest BCUT2D eigenvalue weighted by Crippen LogP contribution is -1.99. The molecule has 0 aliphatic heterocycles. The Labute approximate surface area is 117 Å². The van der Waals surface area contributed by atoms with Crippen molar-refractivity contribution in [1.29, 1.82) is 0 Å². The fraction of sp³-hybridized carbons (Fsp3) is 0.0769. The SMILES string of the molecule is [O-][S+](/C=C/c1ccoc1)Cc1ccc(I)cc1. The molecular weight excluding hydrogens is 347 g/mol. The Morgan fingerprint density at radius 2 is 2.00 bits per heavy atom. The minimum Gasteiger partial charge on any atom is -0.612 e. The predicted molar refractivity (Wildman–Crippen MR) is 78.7 cm³/mol. The topological polar surface area (TPSA) is 36.2 Å². The van der Waals surface area contributed by atoms with Crippen molar-refractivity contribution < 1.29 is 8.97 Å². The Kier molecular flexibility index (Phi) is 4.70. The van der Waals surface area contributed by atoms with Crippen molar-refractivity contribution in [2.45, 2.75) is 5.75 Å². The van der Waals surface area contributed by atoms with Crippen molar-refractivity contribution in [2.24, 2.45) is 0 Å². The molecule has 1 aromatic heterocycles. The normalized spacial score (nSPS) is 13.1. The van der Waals surface area contributed by atoms with Crippen LogP contribution in [0, 0.1) is 3.57 Å². The minimum atomic E-state index is -0.987. The highest BCUT2D eigenvalue weighted by Gasteiger charge is 2.03. The summed E-state index contributed by atoms with van der Waals surface area (Å²) in [5.41, 5.74) is 2.02. The van der Waals surface area contributed by atoms with Gasteiger partial charge in [-0.05, 0) is 58.0 Å². The molecule has 1 heterocycles. The van der Waals surface area contributed by atoms with Gasteiger partial charge in [0.15, 0.2) is 0 Å². The molecule has 0 amide bonds. The fourth-order valence-electron chi connectivity index (χ4n) is 1.32. The summed E-state index contributed by atoms with van der Waals surface area (Å²) in [6.07, 6.45) is 5.03. The largest absolute Gasteiger partial charge is 0.612 e. The third kappa shape index (κ3) is 4.22. The first kappa shape index (κ1) is 12.7. The summed E-state index contributed by atoms with van der Waals surface area (Å²) in [6, 6.07) is 9.88. The zero-order valence-electron chi connectivity index (χ0n) is 9.01. The Bertz CT molecular complexity index is 477. The molecule has 0 fully saturated rings. The molecule has 0 aliphatic rings. The van der Waals surface area contributed by atoms with Gasteiger partial charge in [-0.1, -0.05) is 12.1 Å². The Morgan fingerprint density at radius 3 is 2.65 bits per heavy atom.